The van der Waals surface area contributed by atoms with Crippen molar-refractivity contribution >= 4 is 12.1 Å². The van der Waals surface area contributed by atoms with Gasteiger partial charge in [-0.05, 0) is 33.6 Å². The monoisotopic (exact) mass is 250 g/mol. The lowest BCUT2D eigenvalue weighted by atomic mass is 10.2. The highest BCUT2D eigenvalue weighted by molar-refractivity contribution is 5.73. The lowest BCUT2D eigenvalue weighted by Gasteiger charge is -2.19. The zero-order valence-corrected chi connectivity index (χ0v) is 10.4. The summed E-state index contributed by atoms with van der Waals surface area (Å²) < 4.78 is 4.99. The number of carbonyl (C=O) groups is 2. The topological polar surface area (TPSA) is 133 Å². The van der Waals surface area contributed by atoms with E-state index in [1.807, 2.05) is 0 Å². The van der Waals surface area contributed by atoms with Crippen molar-refractivity contribution in [1.82, 2.24) is 5.32 Å². The molecule has 0 aliphatic rings. The number of carbonyl (C=O) groups excluding carboxylic acids is 1. The first kappa shape index (κ1) is 18.0. The van der Waals surface area contributed by atoms with E-state index in [0.717, 1.165) is 0 Å². The standard InChI is InChI=1S/C10H20N2O4.H2O/c1-10(2,3)16-9(15)12-6-4-5-7(11)8(13)14;/h7H,4-6,11H2,1-3H3,(H,12,15)(H,13,14);1H2. The molecule has 0 fully saturated rings. The second-order valence-electron chi connectivity index (χ2n) is 4.52. The SMILES string of the molecule is CC(C)(C)OC(=O)NCCCC(N)C(=O)O.O. The van der Waals surface area contributed by atoms with Crippen LogP contribution in [0.25, 0.3) is 0 Å². The third-order valence-electron chi connectivity index (χ3n) is 1.68. The van der Waals surface area contributed by atoms with Crippen LogP contribution in [0.4, 0.5) is 4.79 Å². The summed E-state index contributed by atoms with van der Waals surface area (Å²) in [6.07, 6.45) is 0.328. The highest BCUT2D eigenvalue weighted by Crippen LogP contribution is 2.06. The maximum absolute atomic E-state index is 11.2. The molecule has 0 aliphatic heterocycles. The van der Waals surface area contributed by atoms with E-state index in [9.17, 15) is 9.59 Å². The number of amides is 1. The van der Waals surface area contributed by atoms with Crippen LogP contribution in [-0.2, 0) is 9.53 Å². The largest absolute Gasteiger partial charge is 0.480 e. The number of carboxylic acid groups (broad SMARTS) is 1. The number of carboxylic acids is 1. The Morgan fingerprint density at radius 2 is 1.94 bits per heavy atom. The number of aliphatic carboxylic acids is 1. The molecular weight excluding hydrogens is 228 g/mol. The van der Waals surface area contributed by atoms with Gasteiger partial charge in [-0.1, -0.05) is 0 Å². The molecule has 1 unspecified atom stereocenters. The molecule has 0 aromatic rings. The van der Waals surface area contributed by atoms with Gasteiger partial charge in [-0.25, -0.2) is 4.79 Å². The summed E-state index contributed by atoms with van der Waals surface area (Å²) in [5, 5.41) is 11.0. The van der Waals surface area contributed by atoms with Crippen molar-refractivity contribution in [3.8, 4) is 0 Å². The van der Waals surface area contributed by atoms with E-state index >= 15 is 0 Å². The van der Waals surface area contributed by atoms with Crippen LogP contribution in [0.3, 0.4) is 0 Å². The Morgan fingerprint density at radius 3 is 2.35 bits per heavy atom. The first-order chi connectivity index (χ1) is 7.22. The molecule has 0 saturated carbocycles. The van der Waals surface area contributed by atoms with E-state index in [1.165, 1.54) is 0 Å². The molecule has 0 saturated heterocycles. The molecule has 0 rings (SSSR count). The lowest BCUT2D eigenvalue weighted by Crippen LogP contribution is -2.34. The summed E-state index contributed by atoms with van der Waals surface area (Å²) in [4.78, 5) is 21.5. The molecule has 0 spiro atoms. The Labute approximate surface area is 101 Å². The molecule has 1 amide bonds. The first-order valence-electron chi connectivity index (χ1n) is 5.17. The van der Waals surface area contributed by atoms with E-state index in [1.54, 1.807) is 20.8 Å². The van der Waals surface area contributed by atoms with Crippen LogP contribution < -0.4 is 11.1 Å². The summed E-state index contributed by atoms with van der Waals surface area (Å²) in [5.74, 6) is -1.03. The molecule has 0 aromatic carbocycles. The summed E-state index contributed by atoms with van der Waals surface area (Å²) in [6, 6.07) is -0.875. The summed E-state index contributed by atoms with van der Waals surface area (Å²) in [6.45, 7) is 5.67. The van der Waals surface area contributed by atoms with Crippen molar-refractivity contribution < 1.29 is 24.9 Å². The van der Waals surface area contributed by atoms with Crippen molar-refractivity contribution in [2.75, 3.05) is 6.54 Å². The van der Waals surface area contributed by atoms with Crippen LogP contribution in [0.2, 0.25) is 0 Å². The quantitative estimate of drug-likeness (QED) is 0.585. The number of ether oxygens (including phenoxy) is 1. The molecule has 102 valence electrons. The van der Waals surface area contributed by atoms with Crippen LogP contribution in [0.1, 0.15) is 33.6 Å². The number of alkyl carbamates (subject to hydrolysis) is 1. The molecule has 1 atom stereocenters. The van der Waals surface area contributed by atoms with Crippen LogP contribution in [0.5, 0.6) is 0 Å². The number of nitrogens with one attached hydrogen (secondary N) is 1. The zero-order chi connectivity index (χ0) is 12.8. The zero-order valence-electron chi connectivity index (χ0n) is 10.4. The fourth-order valence-corrected chi connectivity index (χ4v) is 0.950. The minimum atomic E-state index is -1.03. The third-order valence-corrected chi connectivity index (χ3v) is 1.68. The van der Waals surface area contributed by atoms with Crippen LogP contribution in [-0.4, -0.2) is 40.8 Å². The van der Waals surface area contributed by atoms with Gasteiger partial charge in [-0.15, -0.1) is 0 Å². The van der Waals surface area contributed by atoms with Gasteiger partial charge < -0.3 is 26.4 Å². The summed E-state index contributed by atoms with van der Waals surface area (Å²) in [7, 11) is 0. The Hall–Kier alpha value is -1.34. The van der Waals surface area contributed by atoms with E-state index in [-0.39, 0.29) is 5.48 Å². The number of nitrogens with two attached hydrogens (primary N) is 1. The van der Waals surface area contributed by atoms with Crippen molar-refractivity contribution in [3.05, 3.63) is 0 Å². The van der Waals surface area contributed by atoms with Gasteiger partial charge in [0, 0.05) is 6.54 Å². The molecular formula is C10H22N2O5. The number of hydrogen-bond acceptors (Lipinski definition) is 4. The van der Waals surface area contributed by atoms with Gasteiger partial charge >= 0.3 is 12.1 Å². The Balaban J connectivity index is 0. The average molecular weight is 250 g/mol. The van der Waals surface area contributed by atoms with Crippen LogP contribution in [0, 0.1) is 0 Å². The Kier molecular flexibility index (Phi) is 8.34. The van der Waals surface area contributed by atoms with E-state index in [4.69, 9.17) is 15.6 Å². The fraction of sp³-hybridized carbons (Fsp3) is 0.800. The van der Waals surface area contributed by atoms with E-state index < -0.39 is 23.7 Å². The predicted molar refractivity (Wildman–Crippen MR) is 62.7 cm³/mol. The molecule has 0 aliphatic carbocycles. The molecule has 6 N–H and O–H groups in total. The van der Waals surface area contributed by atoms with E-state index in [0.29, 0.717) is 19.4 Å². The first-order valence-corrected chi connectivity index (χ1v) is 5.17. The van der Waals surface area contributed by atoms with Gasteiger partial charge in [0.1, 0.15) is 11.6 Å². The van der Waals surface area contributed by atoms with Gasteiger partial charge in [0.25, 0.3) is 0 Å². The van der Waals surface area contributed by atoms with Crippen molar-refractivity contribution in [3.63, 3.8) is 0 Å². The average Bonchev–Trinajstić information content (AvgIpc) is 2.08. The molecule has 17 heavy (non-hydrogen) atoms. The summed E-state index contributed by atoms with van der Waals surface area (Å²) >= 11 is 0. The molecule has 0 bridgehead atoms. The number of rotatable bonds is 5. The van der Waals surface area contributed by atoms with Crippen LogP contribution in [0.15, 0.2) is 0 Å². The molecule has 0 aromatic heterocycles. The Bertz CT molecular complexity index is 250. The van der Waals surface area contributed by atoms with E-state index in [2.05, 4.69) is 5.32 Å². The van der Waals surface area contributed by atoms with Crippen molar-refractivity contribution in [2.24, 2.45) is 5.73 Å². The Morgan fingerprint density at radius 1 is 1.41 bits per heavy atom. The van der Waals surface area contributed by atoms with Crippen LogP contribution >= 0.6 is 0 Å². The molecule has 7 nitrogen and oxygen atoms in total. The van der Waals surface area contributed by atoms with Gasteiger partial charge in [-0.3, -0.25) is 4.79 Å². The highest BCUT2D eigenvalue weighted by atomic mass is 16.6. The van der Waals surface area contributed by atoms with Gasteiger partial charge in [-0.2, -0.15) is 0 Å². The summed E-state index contributed by atoms with van der Waals surface area (Å²) in [5.41, 5.74) is 4.77. The second kappa shape index (κ2) is 7.86. The van der Waals surface area contributed by atoms with Gasteiger partial charge in [0.15, 0.2) is 0 Å². The highest BCUT2D eigenvalue weighted by Gasteiger charge is 2.16. The normalized spacial score (nSPS) is 12.2. The minimum Gasteiger partial charge on any atom is -0.480 e. The third kappa shape index (κ3) is 10.9. The predicted octanol–water partition coefficient (Wildman–Crippen LogP) is -0.121. The van der Waals surface area contributed by atoms with Crippen molar-refractivity contribution in [1.29, 1.82) is 0 Å². The fourth-order valence-electron chi connectivity index (χ4n) is 0.950. The van der Waals surface area contributed by atoms with Crippen molar-refractivity contribution in [2.45, 2.75) is 45.3 Å². The lowest BCUT2D eigenvalue weighted by molar-refractivity contribution is -0.138. The number of hydrogen-bond donors (Lipinski definition) is 3. The minimum absolute atomic E-state index is 0. The smallest absolute Gasteiger partial charge is 0.407 e. The molecule has 0 heterocycles. The second-order valence-corrected chi connectivity index (χ2v) is 4.52. The maximum Gasteiger partial charge on any atom is 0.407 e. The molecule has 7 heteroatoms. The molecule has 0 radical (unpaired) electrons. The van der Waals surface area contributed by atoms with Gasteiger partial charge in [0.2, 0.25) is 0 Å². The maximum atomic E-state index is 11.2. The van der Waals surface area contributed by atoms with Gasteiger partial charge in [0.05, 0.1) is 0 Å².